The average Bonchev–Trinajstić information content (AvgIpc) is 3.17. The highest BCUT2D eigenvalue weighted by molar-refractivity contribution is 6.14. The van der Waals surface area contributed by atoms with Gasteiger partial charge in [0.15, 0.2) is 0 Å². The van der Waals surface area contributed by atoms with Crippen molar-refractivity contribution in [2.75, 3.05) is 5.32 Å². The lowest BCUT2D eigenvalue weighted by Crippen LogP contribution is -2.56. The molecule has 4 atom stereocenters. The van der Waals surface area contributed by atoms with Crippen LogP contribution < -0.4 is 5.32 Å². The van der Waals surface area contributed by atoms with Crippen molar-refractivity contribution in [3.05, 3.63) is 154 Å². The molecule has 9 rings (SSSR count). The molecule has 3 aliphatic rings. The zero-order valence-electron chi connectivity index (χ0n) is 26.0. The van der Waals surface area contributed by atoms with Gasteiger partial charge >= 0.3 is 0 Å². The number of fused-ring (bicyclic) bond motifs is 6. The molecule has 2 heteroatoms. The first-order valence-electron chi connectivity index (χ1n) is 15.9. The summed E-state index contributed by atoms with van der Waals surface area (Å²) in [7, 11) is 0. The maximum absolute atomic E-state index is 5.77. The Morgan fingerprint density at radius 2 is 1.05 bits per heavy atom. The van der Waals surface area contributed by atoms with Gasteiger partial charge in [0.2, 0.25) is 0 Å². The van der Waals surface area contributed by atoms with E-state index in [9.17, 15) is 0 Å². The molecule has 0 bridgehead atoms. The fourth-order valence-electron chi connectivity index (χ4n) is 9.25. The summed E-state index contributed by atoms with van der Waals surface area (Å²) < 4.78 is 0. The monoisotopic (exact) mass is 568 g/mol. The SMILES string of the molecule is Cc1cccc(C)c1/N=C1\C2c3cc4ccccc4cc3C23c2cc4ccccc4cc2C3C1(C)Nc1c(C)cccc1C. The number of nitrogens with zero attached hydrogens (tertiary/aromatic N) is 1. The summed E-state index contributed by atoms with van der Waals surface area (Å²) in [5, 5.41) is 9.47. The Morgan fingerprint density at radius 3 is 1.61 bits per heavy atom. The lowest BCUT2D eigenvalue weighted by Gasteiger charge is -2.59. The molecule has 2 nitrogen and oxygen atoms in total. The highest BCUT2D eigenvalue weighted by Gasteiger charge is 2.77. The van der Waals surface area contributed by atoms with Gasteiger partial charge in [-0.25, -0.2) is 0 Å². The molecule has 4 unspecified atom stereocenters. The lowest BCUT2D eigenvalue weighted by atomic mass is 9.42. The normalized spacial score (nSPS) is 25.2. The molecule has 0 aromatic heterocycles. The fourth-order valence-corrected chi connectivity index (χ4v) is 9.25. The van der Waals surface area contributed by atoms with Crippen LogP contribution in [0.4, 0.5) is 11.4 Å². The van der Waals surface area contributed by atoms with Crippen LogP contribution in [0.5, 0.6) is 0 Å². The summed E-state index contributed by atoms with van der Waals surface area (Å²) in [4.78, 5) is 5.77. The van der Waals surface area contributed by atoms with Crippen LogP contribution in [-0.4, -0.2) is 11.3 Å². The van der Waals surface area contributed by atoms with E-state index >= 15 is 0 Å². The molecule has 0 radical (unpaired) electrons. The minimum absolute atomic E-state index is 0.119. The van der Waals surface area contributed by atoms with Crippen LogP contribution in [0.1, 0.15) is 63.3 Å². The van der Waals surface area contributed by atoms with Gasteiger partial charge in [-0.1, -0.05) is 97.1 Å². The molecule has 1 saturated carbocycles. The van der Waals surface area contributed by atoms with Gasteiger partial charge in [-0.3, -0.25) is 4.99 Å². The second-order valence-electron chi connectivity index (χ2n) is 13.6. The Balaban J connectivity index is 1.39. The average molecular weight is 569 g/mol. The zero-order valence-corrected chi connectivity index (χ0v) is 26.0. The van der Waals surface area contributed by atoms with Crippen LogP contribution in [0.15, 0.2) is 114 Å². The van der Waals surface area contributed by atoms with Crippen molar-refractivity contribution >= 4 is 38.6 Å². The number of rotatable bonds is 3. The van der Waals surface area contributed by atoms with E-state index in [1.165, 1.54) is 77.5 Å². The van der Waals surface area contributed by atoms with Crippen LogP contribution >= 0.6 is 0 Å². The number of aliphatic imine (C=N–C) groups is 1. The summed E-state index contributed by atoms with van der Waals surface area (Å²) in [5.41, 5.74) is 13.9. The van der Waals surface area contributed by atoms with E-state index in [2.05, 4.69) is 149 Å². The van der Waals surface area contributed by atoms with Crippen molar-refractivity contribution in [3.8, 4) is 0 Å². The van der Waals surface area contributed by atoms with E-state index in [0.29, 0.717) is 0 Å². The highest BCUT2D eigenvalue weighted by Crippen LogP contribution is 2.78. The third-order valence-electron chi connectivity index (χ3n) is 11.2. The minimum atomic E-state index is -0.406. The van der Waals surface area contributed by atoms with Crippen LogP contribution in [0, 0.1) is 27.7 Å². The third kappa shape index (κ3) is 3.08. The van der Waals surface area contributed by atoms with Crippen molar-refractivity contribution < 1.29 is 0 Å². The molecule has 0 heterocycles. The number of nitrogens with one attached hydrogen (secondary N) is 1. The largest absolute Gasteiger partial charge is 0.373 e. The quantitative estimate of drug-likeness (QED) is 0.226. The molecule has 0 saturated heterocycles. The Labute approximate surface area is 259 Å². The summed E-state index contributed by atoms with van der Waals surface area (Å²) in [6.07, 6.45) is 0. The standard InChI is InChI=1S/C42H36N2/c1-24-12-10-13-25(2)37(24)43-40-36-32-20-28-16-6-8-18-30(28)22-34(32)42(36)35-23-31-19-9-7-17-29(31)21-33(35)39(42)41(40,5)44-38-26(3)14-11-15-27(38)4/h6-23,36,39,44H,1-5H3/b43-40+. The molecule has 44 heavy (non-hydrogen) atoms. The fraction of sp³-hybridized carbons (Fsp3) is 0.214. The lowest BCUT2D eigenvalue weighted by molar-refractivity contribution is 0.292. The molecular formula is C42H36N2. The summed E-state index contributed by atoms with van der Waals surface area (Å²) in [6.45, 7) is 11.3. The Hall–Kier alpha value is -4.69. The van der Waals surface area contributed by atoms with Crippen LogP contribution in [0.25, 0.3) is 21.5 Å². The van der Waals surface area contributed by atoms with Gasteiger partial charge in [0.25, 0.3) is 0 Å². The van der Waals surface area contributed by atoms with E-state index in [0.717, 1.165) is 5.69 Å². The van der Waals surface area contributed by atoms with E-state index < -0.39 is 5.54 Å². The van der Waals surface area contributed by atoms with E-state index in [-0.39, 0.29) is 17.3 Å². The molecule has 1 fully saturated rings. The van der Waals surface area contributed by atoms with Crippen molar-refractivity contribution in [2.24, 2.45) is 4.99 Å². The summed E-state index contributed by atoms with van der Waals surface area (Å²) >= 11 is 0. The van der Waals surface area contributed by atoms with E-state index in [4.69, 9.17) is 4.99 Å². The van der Waals surface area contributed by atoms with Gasteiger partial charge in [-0.15, -0.1) is 0 Å². The van der Waals surface area contributed by atoms with Gasteiger partial charge in [0.1, 0.15) is 0 Å². The Morgan fingerprint density at radius 1 is 0.568 bits per heavy atom. The number of hydrogen-bond donors (Lipinski definition) is 1. The van der Waals surface area contributed by atoms with Crippen LogP contribution in [-0.2, 0) is 5.41 Å². The van der Waals surface area contributed by atoms with Gasteiger partial charge in [-0.05, 0) is 113 Å². The zero-order chi connectivity index (χ0) is 30.0. The second-order valence-corrected chi connectivity index (χ2v) is 13.6. The Kier molecular flexibility index (Phi) is 5.09. The topological polar surface area (TPSA) is 24.4 Å². The first-order chi connectivity index (χ1) is 21.3. The van der Waals surface area contributed by atoms with Crippen molar-refractivity contribution in [1.82, 2.24) is 0 Å². The summed E-state index contributed by atoms with van der Waals surface area (Å²) in [6, 6.07) is 40.8. The molecular weight excluding hydrogens is 532 g/mol. The molecule has 3 aliphatic carbocycles. The maximum Gasteiger partial charge on any atom is 0.0816 e. The number of hydrogen-bond acceptors (Lipinski definition) is 2. The molecule has 1 spiro atoms. The summed E-state index contributed by atoms with van der Waals surface area (Å²) in [5.74, 6) is 0.442. The molecule has 6 aromatic rings. The van der Waals surface area contributed by atoms with E-state index in [1.807, 2.05) is 0 Å². The van der Waals surface area contributed by atoms with Gasteiger partial charge in [-0.2, -0.15) is 0 Å². The first-order valence-corrected chi connectivity index (χ1v) is 15.9. The van der Waals surface area contributed by atoms with Crippen molar-refractivity contribution in [3.63, 3.8) is 0 Å². The molecule has 214 valence electrons. The van der Waals surface area contributed by atoms with Crippen molar-refractivity contribution in [1.29, 1.82) is 0 Å². The van der Waals surface area contributed by atoms with Crippen molar-refractivity contribution in [2.45, 2.75) is 57.4 Å². The number of benzene rings is 6. The van der Waals surface area contributed by atoms with Gasteiger partial charge in [0, 0.05) is 22.9 Å². The third-order valence-corrected chi connectivity index (χ3v) is 11.2. The Bertz CT molecular complexity index is 2200. The number of anilines is 1. The maximum atomic E-state index is 5.77. The number of aryl methyl sites for hydroxylation is 4. The first kappa shape index (κ1) is 25.8. The number of para-hydroxylation sites is 2. The highest BCUT2D eigenvalue weighted by atomic mass is 15.1. The second kappa shape index (κ2) is 8.70. The molecule has 6 aromatic carbocycles. The van der Waals surface area contributed by atoms with Gasteiger partial charge in [0.05, 0.1) is 16.9 Å². The smallest absolute Gasteiger partial charge is 0.0816 e. The predicted molar refractivity (Wildman–Crippen MR) is 185 cm³/mol. The van der Waals surface area contributed by atoms with Crippen LogP contribution in [0.3, 0.4) is 0 Å². The van der Waals surface area contributed by atoms with Gasteiger partial charge < -0.3 is 5.32 Å². The predicted octanol–water partition coefficient (Wildman–Crippen LogP) is 10.4. The van der Waals surface area contributed by atoms with E-state index in [1.54, 1.807) is 0 Å². The molecule has 0 aliphatic heterocycles. The molecule has 1 N–H and O–H groups in total. The van der Waals surface area contributed by atoms with Crippen LogP contribution in [0.2, 0.25) is 0 Å². The minimum Gasteiger partial charge on any atom is -0.373 e. The molecule has 0 amide bonds.